The van der Waals surface area contributed by atoms with E-state index in [-0.39, 0.29) is 11.7 Å². The van der Waals surface area contributed by atoms with E-state index in [1.54, 1.807) is 0 Å². The molecule has 0 amide bonds. The molecule has 3 atom stereocenters. The maximum atomic E-state index is 11.8. The maximum Gasteiger partial charge on any atom is 0.163 e. The van der Waals surface area contributed by atoms with Gasteiger partial charge in [-0.2, -0.15) is 0 Å². The molecule has 16 heavy (non-hydrogen) atoms. The zero-order valence-corrected chi connectivity index (χ0v) is 10.1. The van der Waals surface area contributed by atoms with Crippen molar-refractivity contribution in [2.45, 2.75) is 45.1 Å². The summed E-state index contributed by atoms with van der Waals surface area (Å²) < 4.78 is 11.0. The molecule has 0 aromatic rings. The van der Waals surface area contributed by atoms with Gasteiger partial charge in [-0.3, -0.25) is 4.79 Å². The van der Waals surface area contributed by atoms with Crippen molar-refractivity contribution in [3.63, 3.8) is 0 Å². The largest absolute Gasteiger partial charge is 0.381 e. The number of carbonyl (C=O) groups excluding carboxylic acids is 1. The lowest BCUT2D eigenvalue weighted by molar-refractivity contribution is -0.131. The highest BCUT2D eigenvalue weighted by atomic mass is 16.5. The molecule has 3 heteroatoms. The van der Waals surface area contributed by atoms with Crippen LogP contribution in [0.25, 0.3) is 0 Å². The van der Waals surface area contributed by atoms with Gasteiger partial charge in [-0.25, -0.2) is 0 Å². The van der Waals surface area contributed by atoms with Gasteiger partial charge < -0.3 is 9.47 Å². The third-order valence-electron chi connectivity index (χ3n) is 3.86. The summed E-state index contributed by atoms with van der Waals surface area (Å²) in [6.45, 7) is 3.86. The number of ketones is 1. The molecule has 1 aliphatic heterocycles. The Hall–Kier alpha value is -0.410. The van der Waals surface area contributed by atoms with Crippen LogP contribution in [0.5, 0.6) is 0 Å². The molecule has 2 aliphatic rings. The second-order valence-electron chi connectivity index (χ2n) is 5.14. The van der Waals surface area contributed by atoms with Crippen LogP contribution in [0.3, 0.4) is 0 Å². The van der Waals surface area contributed by atoms with Gasteiger partial charge in [-0.15, -0.1) is 0 Å². The van der Waals surface area contributed by atoms with Crippen molar-refractivity contribution in [1.82, 2.24) is 0 Å². The Balaban J connectivity index is 1.71. The predicted molar refractivity (Wildman–Crippen MR) is 61.3 cm³/mol. The fourth-order valence-corrected chi connectivity index (χ4v) is 2.63. The maximum absolute atomic E-state index is 11.8. The Morgan fingerprint density at radius 1 is 1.31 bits per heavy atom. The molecule has 1 saturated heterocycles. The van der Waals surface area contributed by atoms with Gasteiger partial charge in [0.2, 0.25) is 0 Å². The molecule has 2 rings (SSSR count). The first-order chi connectivity index (χ1) is 7.77. The highest BCUT2D eigenvalue weighted by Crippen LogP contribution is 2.26. The molecule has 0 spiro atoms. The van der Waals surface area contributed by atoms with E-state index >= 15 is 0 Å². The summed E-state index contributed by atoms with van der Waals surface area (Å²) in [7, 11) is 0. The van der Waals surface area contributed by atoms with E-state index in [9.17, 15) is 4.79 Å². The molecule has 0 radical (unpaired) electrons. The van der Waals surface area contributed by atoms with E-state index in [1.807, 2.05) is 0 Å². The zero-order valence-electron chi connectivity index (χ0n) is 10.1. The normalized spacial score (nSPS) is 35.2. The Kier molecular flexibility index (Phi) is 4.36. The van der Waals surface area contributed by atoms with Gasteiger partial charge >= 0.3 is 0 Å². The summed E-state index contributed by atoms with van der Waals surface area (Å²) in [6.07, 6.45) is 6.10. The zero-order chi connectivity index (χ0) is 11.4. The van der Waals surface area contributed by atoms with Crippen LogP contribution < -0.4 is 0 Å². The number of carbonyl (C=O) groups is 1. The van der Waals surface area contributed by atoms with Crippen LogP contribution in [0.4, 0.5) is 0 Å². The molecular formula is C13H22O3. The third-order valence-corrected chi connectivity index (χ3v) is 3.86. The summed E-state index contributed by atoms with van der Waals surface area (Å²) in [4.78, 5) is 11.8. The average Bonchev–Trinajstić information content (AvgIpc) is 2.81. The van der Waals surface area contributed by atoms with E-state index in [0.717, 1.165) is 19.4 Å². The first kappa shape index (κ1) is 12.1. The monoisotopic (exact) mass is 226 g/mol. The summed E-state index contributed by atoms with van der Waals surface area (Å²) in [6, 6.07) is 0. The van der Waals surface area contributed by atoms with Gasteiger partial charge in [0.05, 0.1) is 12.7 Å². The average molecular weight is 226 g/mol. The molecule has 0 aromatic carbocycles. The fourth-order valence-electron chi connectivity index (χ4n) is 2.63. The number of rotatable bonds is 4. The molecule has 2 fully saturated rings. The van der Waals surface area contributed by atoms with E-state index in [4.69, 9.17) is 9.47 Å². The fraction of sp³-hybridized carbons (Fsp3) is 0.923. The standard InChI is InChI=1S/C13H22O3/c1-10-4-2-3-5-13(10)16-9-12(14)11-6-7-15-8-11/h10-11,13H,2-9H2,1H3. The molecule has 0 bridgehead atoms. The number of ether oxygens (including phenoxy) is 2. The molecule has 3 nitrogen and oxygen atoms in total. The van der Waals surface area contributed by atoms with Gasteiger partial charge in [0.25, 0.3) is 0 Å². The third kappa shape index (κ3) is 3.05. The first-order valence-electron chi connectivity index (χ1n) is 6.49. The molecule has 0 aromatic heterocycles. The number of hydrogen-bond donors (Lipinski definition) is 0. The molecule has 1 heterocycles. The van der Waals surface area contributed by atoms with Crippen LogP contribution in [0, 0.1) is 11.8 Å². The Morgan fingerprint density at radius 3 is 2.81 bits per heavy atom. The van der Waals surface area contributed by atoms with Gasteiger partial charge in [0, 0.05) is 12.5 Å². The Bertz CT molecular complexity index is 233. The van der Waals surface area contributed by atoms with Gasteiger partial charge in [-0.05, 0) is 25.2 Å². The molecule has 1 saturated carbocycles. The summed E-state index contributed by atoms with van der Waals surface area (Å²) in [5.74, 6) is 0.940. The van der Waals surface area contributed by atoms with Crippen LogP contribution in [-0.4, -0.2) is 31.7 Å². The van der Waals surface area contributed by atoms with Gasteiger partial charge in [-0.1, -0.05) is 19.8 Å². The lowest BCUT2D eigenvalue weighted by Gasteiger charge is -2.28. The van der Waals surface area contributed by atoms with Crippen LogP contribution in [0.15, 0.2) is 0 Å². The number of Topliss-reactive ketones (excluding diaryl/α,β-unsaturated/α-hetero) is 1. The van der Waals surface area contributed by atoms with Crippen molar-refractivity contribution in [3.8, 4) is 0 Å². The number of hydrogen-bond acceptors (Lipinski definition) is 3. The minimum atomic E-state index is 0.0962. The second kappa shape index (κ2) is 5.78. The van der Waals surface area contributed by atoms with Gasteiger partial charge in [0.15, 0.2) is 5.78 Å². The summed E-state index contributed by atoms with van der Waals surface area (Å²) in [5.41, 5.74) is 0. The summed E-state index contributed by atoms with van der Waals surface area (Å²) >= 11 is 0. The van der Waals surface area contributed by atoms with Crippen molar-refractivity contribution in [2.75, 3.05) is 19.8 Å². The van der Waals surface area contributed by atoms with Crippen molar-refractivity contribution in [2.24, 2.45) is 11.8 Å². The van der Waals surface area contributed by atoms with Crippen LogP contribution in [0.2, 0.25) is 0 Å². The molecule has 1 aliphatic carbocycles. The highest BCUT2D eigenvalue weighted by Gasteiger charge is 2.26. The van der Waals surface area contributed by atoms with E-state index in [2.05, 4.69) is 6.92 Å². The van der Waals surface area contributed by atoms with Gasteiger partial charge in [0.1, 0.15) is 6.61 Å². The lowest BCUT2D eigenvalue weighted by atomic mass is 9.88. The van der Waals surface area contributed by atoms with Crippen molar-refractivity contribution < 1.29 is 14.3 Å². The van der Waals surface area contributed by atoms with E-state index in [0.29, 0.717) is 25.2 Å². The molecule has 92 valence electrons. The smallest absolute Gasteiger partial charge is 0.163 e. The Morgan fingerprint density at radius 2 is 2.12 bits per heavy atom. The minimum absolute atomic E-state index is 0.0962. The first-order valence-corrected chi connectivity index (χ1v) is 6.49. The van der Waals surface area contributed by atoms with Crippen molar-refractivity contribution in [1.29, 1.82) is 0 Å². The molecule has 3 unspecified atom stereocenters. The second-order valence-corrected chi connectivity index (χ2v) is 5.14. The predicted octanol–water partition coefficient (Wildman–Crippen LogP) is 2.19. The van der Waals surface area contributed by atoms with Crippen LogP contribution in [0.1, 0.15) is 39.0 Å². The van der Waals surface area contributed by atoms with Crippen molar-refractivity contribution >= 4 is 5.78 Å². The highest BCUT2D eigenvalue weighted by molar-refractivity contribution is 5.82. The summed E-state index contributed by atoms with van der Waals surface area (Å²) in [5, 5.41) is 0. The van der Waals surface area contributed by atoms with E-state index < -0.39 is 0 Å². The van der Waals surface area contributed by atoms with E-state index in [1.165, 1.54) is 19.3 Å². The topological polar surface area (TPSA) is 35.5 Å². The van der Waals surface area contributed by atoms with Crippen LogP contribution in [-0.2, 0) is 14.3 Å². The molecular weight excluding hydrogens is 204 g/mol. The Labute approximate surface area is 97.5 Å². The lowest BCUT2D eigenvalue weighted by Crippen LogP contribution is -2.30. The van der Waals surface area contributed by atoms with Crippen molar-refractivity contribution in [3.05, 3.63) is 0 Å². The molecule has 0 N–H and O–H groups in total. The van der Waals surface area contributed by atoms with Crippen LogP contribution >= 0.6 is 0 Å². The SMILES string of the molecule is CC1CCCCC1OCC(=O)C1CCOC1. The minimum Gasteiger partial charge on any atom is -0.381 e. The quantitative estimate of drug-likeness (QED) is 0.737.